The largest absolute Gasteiger partial charge is 0.337 e. The van der Waals surface area contributed by atoms with Gasteiger partial charge in [-0.3, -0.25) is 4.79 Å². The van der Waals surface area contributed by atoms with Crippen LogP contribution in [0.4, 0.5) is 13.2 Å². The van der Waals surface area contributed by atoms with Gasteiger partial charge in [-0.05, 0) is 116 Å². The number of piperidine rings is 1. The molecule has 1 saturated heterocycles. The summed E-state index contributed by atoms with van der Waals surface area (Å²) in [6.45, 7) is 7.85. The summed E-state index contributed by atoms with van der Waals surface area (Å²) >= 11 is 0. The third-order valence-electron chi connectivity index (χ3n) is 10.1. The molecule has 1 amide bonds. The van der Waals surface area contributed by atoms with Gasteiger partial charge < -0.3 is 4.90 Å². The first-order valence-corrected chi connectivity index (χ1v) is 15.8. The van der Waals surface area contributed by atoms with Crippen LogP contribution in [0, 0.1) is 35.3 Å². The number of nitrogens with zero attached hydrogens (tertiary/aromatic N) is 4. The van der Waals surface area contributed by atoms with Crippen molar-refractivity contribution in [2.24, 2.45) is 29.8 Å². The summed E-state index contributed by atoms with van der Waals surface area (Å²) < 4.78 is 45.6. The van der Waals surface area contributed by atoms with Crippen molar-refractivity contribution < 1.29 is 18.0 Å². The van der Waals surface area contributed by atoms with Crippen LogP contribution >= 0.6 is 0 Å². The highest BCUT2D eigenvalue weighted by Crippen LogP contribution is 2.42. The number of rotatable bonds is 8. The Labute approximate surface area is 251 Å². The van der Waals surface area contributed by atoms with Gasteiger partial charge >= 0.3 is 0 Å². The summed E-state index contributed by atoms with van der Waals surface area (Å²) in [6, 6.07) is 8.46. The molecule has 2 fully saturated rings. The average Bonchev–Trinajstić information content (AvgIpc) is 3.81. The Hall–Kier alpha value is -3.42. The van der Waals surface area contributed by atoms with Gasteiger partial charge in [0.25, 0.3) is 5.91 Å². The molecule has 3 aliphatic rings. The first-order chi connectivity index (χ1) is 20.6. The van der Waals surface area contributed by atoms with Crippen molar-refractivity contribution >= 4 is 22.5 Å². The number of carbonyl (C=O) groups excluding carboxylic acids is 1. The highest BCUT2D eigenvalue weighted by Gasteiger charge is 2.33. The molecule has 0 radical (unpaired) electrons. The van der Waals surface area contributed by atoms with Crippen molar-refractivity contribution in [2.45, 2.75) is 78.1 Å². The first kappa shape index (κ1) is 29.6. The number of aryl methyl sites for hydroxylation is 2. The number of amides is 1. The molecular weight excluding hydrogens is 549 g/mol. The number of carbonyl (C=O) groups is 1. The van der Waals surface area contributed by atoms with E-state index in [4.69, 9.17) is 4.99 Å². The number of benzene rings is 2. The molecule has 5 nitrogen and oxygen atoms in total. The standard InChI is InChI=1S/C35H41F3N4O/c1-5-20(2)26-7-6-14-42(19-26)35(43)32-21(3)24(9-8-22-15-28-33(30(37)16-22)40-41(4)34(28)38)18-31(39-32)25-12-13-27(23-10-11-23)29(36)17-25/h12-13,15-17,20,23-24,26H,5-11,14,18-19H2,1-4H3/t20?,24?,26-/m0/s1. The topological polar surface area (TPSA) is 50.5 Å². The minimum absolute atomic E-state index is 0.0219. The lowest BCUT2D eigenvalue weighted by Crippen LogP contribution is -2.43. The van der Waals surface area contributed by atoms with Crippen LogP contribution in [0.3, 0.4) is 0 Å². The van der Waals surface area contributed by atoms with Crippen LogP contribution in [0.2, 0.25) is 0 Å². The third kappa shape index (κ3) is 5.89. The highest BCUT2D eigenvalue weighted by atomic mass is 19.1. The molecule has 3 atom stereocenters. The van der Waals surface area contributed by atoms with E-state index in [9.17, 15) is 13.6 Å². The molecule has 0 N–H and O–H groups in total. The molecule has 1 saturated carbocycles. The second-order valence-corrected chi connectivity index (χ2v) is 13.0. The molecule has 8 heteroatoms. The fraction of sp³-hybridized carbons (Fsp3) is 0.514. The van der Waals surface area contributed by atoms with Gasteiger partial charge in [-0.1, -0.05) is 32.4 Å². The Morgan fingerprint density at radius 1 is 1.09 bits per heavy atom. The predicted octanol–water partition coefficient (Wildman–Crippen LogP) is 7.87. The van der Waals surface area contributed by atoms with Gasteiger partial charge in [-0.15, -0.1) is 0 Å². The van der Waals surface area contributed by atoms with Crippen molar-refractivity contribution in [2.75, 3.05) is 13.1 Å². The summed E-state index contributed by atoms with van der Waals surface area (Å²) in [4.78, 5) is 20.9. The van der Waals surface area contributed by atoms with Crippen molar-refractivity contribution in [1.82, 2.24) is 14.7 Å². The van der Waals surface area contributed by atoms with E-state index < -0.39 is 11.8 Å². The van der Waals surface area contributed by atoms with E-state index in [0.29, 0.717) is 66.1 Å². The van der Waals surface area contributed by atoms with Gasteiger partial charge in [0.15, 0.2) is 5.82 Å². The smallest absolute Gasteiger partial charge is 0.272 e. The zero-order valence-corrected chi connectivity index (χ0v) is 25.6. The maximum absolute atomic E-state index is 15.1. The Balaban J connectivity index is 1.30. The van der Waals surface area contributed by atoms with E-state index in [1.54, 1.807) is 12.1 Å². The summed E-state index contributed by atoms with van der Waals surface area (Å²) in [7, 11) is 1.46. The van der Waals surface area contributed by atoms with Crippen LogP contribution in [0.1, 0.15) is 88.3 Å². The lowest BCUT2D eigenvalue weighted by Gasteiger charge is -2.36. The molecule has 1 aliphatic carbocycles. The zero-order valence-electron chi connectivity index (χ0n) is 25.6. The molecule has 6 rings (SSSR count). The first-order valence-electron chi connectivity index (χ1n) is 15.8. The molecule has 1 aromatic heterocycles. The normalized spacial score (nSPS) is 21.8. The van der Waals surface area contributed by atoms with E-state index in [2.05, 4.69) is 18.9 Å². The summed E-state index contributed by atoms with van der Waals surface area (Å²) in [6.07, 6.45) is 6.87. The number of allylic oxidation sites excluding steroid dienone is 1. The lowest BCUT2D eigenvalue weighted by molar-refractivity contribution is -0.129. The number of fused-ring (bicyclic) bond motifs is 1. The van der Waals surface area contributed by atoms with Crippen molar-refractivity contribution in [3.63, 3.8) is 0 Å². The number of hydrogen-bond acceptors (Lipinski definition) is 3. The molecule has 0 bridgehead atoms. The number of hydrogen-bond donors (Lipinski definition) is 0. The van der Waals surface area contributed by atoms with Gasteiger partial charge in [-0.2, -0.15) is 9.49 Å². The van der Waals surface area contributed by atoms with Gasteiger partial charge in [0.05, 0.1) is 5.39 Å². The van der Waals surface area contributed by atoms with E-state index in [1.807, 2.05) is 24.0 Å². The number of aliphatic imine (C=N–C) groups is 1. The molecule has 3 heterocycles. The summed E-state index contributed by atoms with van der Waals surface area (Å²) in [5, 5.41) is 4.12. The maximum atomic E-state index is 15.1. The predicted molar refractivity (Wildman–Crippen MR) is 163 cm³/mol. The minimum Gasteiger partial charge on any atom is -0.337 e. The molecule has 3 aromatic rings. The Kier molecular flexibility index (Phi) is 8.22. The Morgan fingerprint density at radius 3 is 2.60 bits per heavy atom. The van der Waals surface area contributed by atoms with Crippen LogP contribution in [-0.4, -0.2) is 39.4 Å². The van der Waals surface area contributed by atoms with Crippen molar-refractivity contribution in [3.8, 4) is 0 Å². The summed E-state index contributed by atoms with van der Waals surface area (Å²) in [5.41, 5.74) is 4.21. The fourth-order valence-electron chi connectivity index (χ4n) is 6.91. The average molecular weight is 591 g/mol. The maximum Gasteiger partial charge on any atom is 0.272 e. The number of likely N-dealkylation sites (tertiary alicyclic amines) is 1. The van der Waals surface area contributed by atoms with E-state index in [0.717, 1.165) is 54.5 Å². The van der Waals surface area contributed by atoms with E-state index in [-0.39, 0.29) is 28.5 Å². The molecule has 2 unspecified atom stereocenters. The third-order valence-corrected chi connectivity index (χ3v) is 10.1. The van der Waals surface area contributed by atoms with Gasteiger partial charge in [0, 0.05) is 25.8 Å². The molecule has 43 heavy (non-hydrogen) atoms. The Morgan fingerprint density at radius 2 is 1.88 bits per heavy atom. The van der Waals surface area contributed by atoms with Crippen LogP contribution in [0.25, 0.3) is 10.9 Å². The Bertz CT molecular complexity index is 1620. The van der Waals surface area contributed by atoms with Gasteiger partial charge in [-0.25, -0.2) is 18.5 Å². The molecule has 2 aliphatic heterocycles. The zero-order chi connectivity index (χ0) is 30.4. The lowest BCUT2D eigenvalue weighted by atomic mass is 9.82. The van der Waals surface area contributed by atoms with Crippen LogP contribution < -0.4 is 0 Å². The quantitative estimate of drug-likeness (QED) is 0.268. The SMILES string of the molecule is CCC(C)[C@H]1CCCN(C(=O)C2=C(C)C(CCc3cc(F)c4nn(C)c(F)c4c3)CC(c3ccc(C4CC4)c(F)c3)=N2)C1. The number of halogens is 3. The van der Waals surface area contributed by atoms with Crippen molar-refractivity contribution in [3.05, 3.63) is 75.9 Å². The molecular formula is C35H41F3N4O. The van der Waals surface area contributed by atoms with Crippen LogP contribution in [0.5, 0.6) is 0 Å². The second kappa shape index (κ2) is 11.9. The summed E-state index contributed by atoms with van der Waals surface area (Å²) in [5.74, 6) is -0.137. The monoisotopic (exact) mass is 590 g/mol. The molecule has 0 spiro atoms. The van der Waals surface area contributed by atoms with Crippen molar-refractivity contribution in [1.29, 1.82) is 0 Å². The number of aromatic nitrogens is 2. The molecule has 2 aromatic carbocycles. The molecule has 228 valence electrons. The second-order valence-electron chi connectivity index (χ2n) is 13.0. The van der Waals surface area contributed by atoms with Gasteiger partial charge in [0.1, 0.15) is 17.0 Å². The van der Waals surface area contributed by atoms with E-state index in [1.165, 1.54) is 13.1 Å². The van der Waals surface area contributed by atoms with E-state index >= 15 is 4.39 Å². The van der Waals surface area contributed by atoms with Crippen LogP contribution in [0.15, 0.2) is 46.6 Å². The van der Waals surface area contributed by atoms with Gasteiger partial charge in [0.2, 0.25) is 5.95 Å². The van der Waals surface area contributed by atoms with Crippen LogP contribution in [-0.2, 0) is 18.3 Å². The highest BCUT2D eigenvalue weighted by molar-refractivity contribution is 6.06. The minimum atomic E-state index is -0.569. The fourth-order valence-corrected chi connectivity index (χ4v) is 6.91.